The minimum atomic E-state index is -0.0152. The Morgan fingerprint density at radius 1 is 1.23 bits per heavy atom. The molecule has 0 saturated heterocycles. The van der Waals surface area contributed by atoms with Gasteiger partial charge in [0.1, 0.15) is 5.76 Å². The van der Waals surface area contributed by atoms with Crippen LogP contribution in [0.3, 0.4) is 0 Å². The summed E-state index contributed by atoms with van der Waals surface area (Å²) in [5.41, 5.74) is 3.18. The molecule has 22 heavy (non-hydrogen) atoms. The van der Waals surface area contributed by atoms with Crippen LogP contribution in [0, 0.1) is 13.8 Å². The monoisotopic (exact) mass is 300 g/mol. The van der Waals surface area contributed by atoms with Gasteiger partial charge >= 0.3 is 0 Å². The highest BCUT2D eigenvalue weighted by Crippen LogP contribution is 2.17. The maximum Gasteiger partial charge on any atom is 0.238 e. The van der Waals surface area contributed by atoms with Gasteiger partial charge in [0.15, 0.2) is 0 Å². The molecule has 0 bridgehead atoms. The summed E-state index contributed by atoms with van der Waals surface area (Å²) < 4.78 is 5.31. The Morgan fingerprint density at radius 3 is 2.77 bits per heavy atom. The lowest BCUT2D eigenvalue weighted by Gasteiger charge is -2.14. The zero-order chi connectivity index (χ0) is 15.9. The Balaban J connectivity index is 1.74. The van der Waals surface area contributed by atoms with E-state index in [0.29, 0.717) is 6.54 Å². The van der Waals surface area contributed by atoms with Gasteiger partial charge in [-0.1, -0.05) is 12.1 Å². The van der Waals surface area contributed by atoms with Crippen LogP contribution in [-0.2, 0) is 11.2 Å². The summed E-state index contributed by atoms with van der Waals surface area (Å²) >= 11 is 0. The second-order valence-corrected chi connectivity index (χ2v) is 5.70. The highest BCUT2D eigenvalue weighted by atomic mass is 16.3. The maximum absolute atomic E-state index is 12.0. The van der Waals surface area contributed by atoms with Crippen molar-refractivity contribution in [3.05, 3.63) is 53.5 Å². The van der Waals surface area contributed by atoms with Gasteiger partial charge in [-0.2, -0.15) is 0 Å². The number of benzene rings is 1. The number of hydrogen-bond donors (Lipinski definition) is 2. The molecule has 0 radical (unpaired) electrons. The summed E-state index contributed by atoms with van der Waals surface area (Å²) in [4.78, 5) is 12.0. The minimum absolute atomic E-state index is 0.0152. The van der Waals surface area contributed by atoms with Gasteiger partial charge < -0.3 is 15.1 Å². The number of nitrogens with one attached hydrogen (secondary N) is 2. The molecule has 1 amide bonds. The molecule has 2 rings (SSSR count). The fourth-order valence-corrected chi connectivity index (χ4v) is 2.26. The number of anilines is 1. The predicted molar refractivity (Wildman–Crippen MR) is 89.0 cm³/mol. The van der Waals surface area contributed by atoms with Crippen molar-refractivity contribution in [2.24, 2.45) is 0 Å². The molecule has 0 fully saturated rings. The number of amides is 1. The van der Waals surface area contributed by atoms with Crippen molar-refractivity contribution >= 4 is 11.6 Å². The van der Waals surface area contributed by atoms with E-state index in [4.69, 9.17) is 4.42 Å². The molecular weight excluding hydrogens is 276 g/mol. The van der Waals surface area contributed by atoms with Gasteiger partial charge in [-0.15, -0.1) is 0 Å². The lowest BCUT2D eigenvalue weighted by molar-refractivity contribution is -0.115. The zero-order valence-electron chi connectivity index (χ0n) is 13.5. The smallest absolute Gasteiger partial charge is 0.238 e. The lowest BCUT2D eigenvalue weighted by atomic mass is 10.1. The third-order valence-corrected chi connectivity index (χ3v) is 3.89. The predicted octanol–water partition coefficient (Wildman–Crippen LogP) is 3.45. The third kappa shape index (κ3) is 4.74. The van der Waals surface area contributed by atoms with Gasteiger partial charge in [0, 0.05) is 18.2 Å². The van der Waals surface area contributed by atoms with Crippen molar-refractivity contribution in [3.8, 4) is 0 Å². The SMILES string of the molecule is Cc1cccc(NC(=O)CN[C@@H](C)CCc2ccco2)c1C. The molecular formula is C18H24N2O2. The van der Waals surface area contributed by atoms with Gasteiger partial charge in [0.05, 0.1) is 12.8 Å². The van der Waals surface area contributed by atoms with Crippen molar-refractivity contribution < 1.29 is 9.21 Å². The van der Waals surface area contributed by atoms with Crippen LogP contribution in [-0.4, -0.2) is 18.5 Å². The van der Waals surface area contributed by atoms with Gasteiger partial charge in [0.2, 0.25) is 5.91 Å². The van der Waals surface area contributed by atoms with Crippen LogP contribution in [0.1, 0.15) is 30.2 Å². The van der Waals surface area contributed by atoms with E-state index in [2.05, 4.69) is 17.6 Å². The second-order valence-electron chi connectivity index (χ2n) is 5.70. The first-order valence-corrected chi connectivity index (χ1v) is 7.68. The first-order chi connectivity index (χ1) is 10.6. The van der Waals surface area contributed by atoms with Crippen LogP contribution in [0.4, 0.5) is 5.69 Å². The van der Waals surface area contributed by atoms with Gasteiger partial charge in [-0.05, 0) is 56.5 Å². The molecule has 0 aliphatic carbocycles. The van der Waals surface area contributed by atoms with E-state index in [1.807, 2.05) is 44.2 Å². The Labute approximate surface area is 131 Å². The third-order valence-electron chi connectivity index (χ3n) is 3.89. The van der Waals surface area contributed by atoms with Crippen molar-refractivity contribution in [2.75, 3.05) is 11.9 Å². The fraction of sp³-hybridized carbons (Fsp3) is 0.389. The molecule has 2 N–H and O–H groups in total. The molecule has 0 aliphatic heterocycles. The van der Waals surface area contributed by atoms with Crippen molar-refractivity contribution in [3.63, 3.8) is 0 Å². The normalized spacial score (nSPS) is 12.1. The highest BCUT2D eigenvalue weighted by molar-refractivity contribution is 5.93. The summed E-state index contributed by atoms with van der Waals surface area (Å²) in [5.74, 6) is 0.965. The number of rotatable bonds is 7. The first kappa shape index (κ1) is 16.3. The second kappa shape index (κ2) is 7.80. The molecule has 0 unspecified atom stereocenters. The van der Waals surface area contributed by atoms with Crippen LogP contribution in [0.25, 0.3) is 0 Å². The summed E-state index contributed by atoms with van der Waals surface area (Å²) in [6.07, 6.45) is 3.50. The molecule has 4 nitrogen and oxygen atoms in total. The summed E-state index contributed by atoms with van der Waals surface area (Å²) in [6, 6.07) is 10.1. The van der Waals surface area contributed by atoms with Gasteiger partial charge in [0.25, 0.3) is 0 Å². The van der Waals surface area contributed by atoms with E-state index < -0.39 is 0 Å². The molecule has 1 aromatic carbocycles. The number of furan rings is 1. The fourth-order valence-electron chi connectivity index (χ4n) is 2.26. The van der Waals surface area contributed by atoms with Crippen LogP contribution in [0.15, 0.2) is 41.0 Å². The molecule has 0 aliphatic rings. The van der Waals surface area contributed by atoms with Crippen LogP contribution < -0.4 is 10.6 Å². The molecule has 0 spiro atoms. The van der Waals surface area contributed by atoms with E-state index in [1.54, 1.807) is 6.26 Å². The zero-order valence-corrected chi connectivity index (χ0v) is 13.5. The number of carbonyl (C=O) groups is 1. The largest absolute Gasteiger partial charge is 0.469 e. The first-order valence-electron chi connectivity index (χ1n) is 7.68. The number of hydrogen-bond acceptors (Lipinski definition) is 3. The summed E-state index contributed by atoms with van der Waals surface area (Å²) in [6.45, 7) is 6.45. The summed E-state index contributed by atoms with van der Waals surface area (Å²) in [5, 5.41) is 6.20. The average Bonchev–Trinajstić information content (AvgIpc) is 3.01. The molecule has 1 atom stereocenters. The minimum Gasteiger partial charge on any atom is -0.469 e. The topological polar surface area (TPSA) is 54.3 Å². The average molecular weight is 300 g/mol. The maximum atomic E-state index is 12.0. The standard InChI is InChI=1S/C18H24N2O2/c1-13-6-4-8-17(15(13)3)20-18(21)12-19-14(2)9-10-16-7-5-11-22-16/h4-8,11,14,19H,9-10,12H2,1-3H3,(H,20,21)/t14-/m0/s1. The summed E-state index contributed by atoms with van der Waals surface area (Å²) in [7, 11) is 0. The Hall–Kier alpha value is -2.07. The Bertz CT molecular complexity index is 606. The van der Waals surface area contributed by atoms with E-state index in [9.17, 15) is 4.79 Å². The molecule has 1 heterocycles. The lowest BCUT2D eigenvalue weighted by Crippen LogP contribution is -2.34. The van der Waals surface area contributed by atoms with Crippen LogP contribution in [0.5, 0.6) is 0 Å². The van der Waals surface area contributed by atoms with E-state index in [1.165, 1.54) is 5.56 Å². The van der Waals surface area contributed by atoms with Crippen molar-refractivity contribution in [2.45, 2.75) is 39.7 Å². The quantitative estimate of drug-likeness (QED) is 0.823. The molecule has 1 aromatic heterocycles. The van der Waals surface area contributed by atoms with Crippen molar-refractivity contribution in [1.29, 1.82) is 0 Å². The Kier molecular flexibility index (Phi) is 5.78. The van der Waals surface area contributed by atoms with E-state index in [0.717, 1.165) is 29.9 Å². The molecule has 2 aromatic rings. The van der Waals surface area contributed by atoms with Crippen molar-refractivity contribution in [1.82, 2.24) is 5.32 Å². The van der Waals surface area contributed by atoms with Crippen LogP contribution in [0.2, 0.25) is 0 Å². The van der Waals surface area contributed by atoms with Crippen LogP contribution >= 0.6 is 0 Å². The number of carbonyl (C=O) groups excluding carboxylic acids is 1. The molecule has 118 valence electrons. The molecule has 4 heteroatoms. The van der Waals surface area contributed by atoms with E-state index in [-0.39, 0.29) is 11.9 Å². The Morgan fingerprint density at radius 2 is 2.05 bits per heavy atom. The van der Waals surface area contributed by atoms with E-state index >= 15 is 0 Å². The van der Waals surface area contributed by atoms with Gasteiger partial charge in [-0.25, -0.2) is 0 Å². The van der Waals surface area contributed by atoms with Gasteiger partial charge in [-0.3, -0.25) is 4.79 Å². The molecule has 0 saturated carbocycles. The number of aryl methyl sites for hydroxylation is 2. The highest BCUT2D eigenvalue weighted by Gasteiger charge is 2.08.